The fraction of sp³-hybridized carbons (Fsp3) is 0.833. The van der Waals surface area contributed by atoms with Gasteiger partial charge in [-0.25, -0.2) is 0 Å². The van der Waals surface area contributed by atoms with Crippen LogP contribution in [0, 0.1) is 0 Å². The van der Waals surface area contributed by atoms with Crippen LogP contribution in [-0.4, -0.2) is 52.8 Å². The van der Waals surface area contributed by atoms with Crippen molar-refractivity contribution in [2.75, 3.05) is 19.6 Å². The number of nitrogens with zero attached hydrogens (tertiary/aromatic N) is 2. The fourth-order valence-corrected chi connectivity index (χ4v) is 2.59. The van der Waals surface area contributed by atoms with E-state index in [1.807, 2.05) is 13.8 Å². The lowest BCUT2D eigenvalue weighted by molar-refractivity contribution is -0.162. The maximum absolute atomic E-state index is 12.4. The number of amides is 2. The summed E-state index contributed by atoms with van der Waals surface area (Å²) in [6.45, 7) is 5.11. The lowest BCUT2D eigenvalue weighted by Crippen LogP contribution is -2.67. The SMILES string of the molecule is CC(C)(CN)N1CC(=O)N2CCCCC2C1=O. The summed E-state index contributed by atoms with van der Waals surface area (Å²) in [5, 5.41) is 0. The van der Waals surface area contributed by atoms with Gasteiger partial charge in [0.2, 0.25) is 11.8 Å². The molecule has 0 spiro atoms. The molecular formula is C12H21N3O2. The average molecular weight is 239 g/mol. The molecule has 2 N–H and O–H groups in total. The Morgan fingerprint density at radius 3 is 2.71 bits per heavy atom. The van der Waals surface area contributed by atoms with Gasteiger partial charge in [0.1, 0.15) is 12.6 Å². The van der Waals surface area contributed by atoms with Gasteiger partial charge in [-0.2, -0.15) is 0 Å². The number of carbonyl (C=O) groups excluding carboxylic acids is 2. The Morgan fingerprint density at radius 2 is 2.06 bits per heavy atom. The third-order valence-corrected chi connectivity index (χ3v) is 3.90. The molecule has 5 nitrogen and oxygen atoms in total. The van der Waals surface area contributed by atoms with Crippen LogP contribution in [0.1, 0.15) is 33.1 Å². The van der Waals surface area contributed by atoms with Gasteiger partial charge in [-0.3, -0.25) is 9.59 Å². The summed E-state index contributed by atoms with van der Waals surface area (Å²) in [6, 6.07) is -0.240. The van der Waals surface area contributed by atoms with Crippen LogP contribution in [0.25, 0.3) is 0 Å². The number of fused-ring (bicyclic) bond motifs is 1. The van der Waals surface area contributed by atoms with Gasteiger partial charge in [0.05, 0.1) is 5.54 Å². The fourth-order valence-electron chi connectivity index (χ4n) is 2.59. The van der Waals surface area contributed by atoms with E-state index in [0.29, 0.717) is 6.54 Å². The Balaban J connectivity index is 2.23. The van der Waals surface area contributed by atoms with Gasteiger partial charge >= 0.3 is 0 Å². The average Bonchev–Trinajstić information content (AvgIpc) is 2.33. The van der Waals surface area contributed by atoms with Gasteiger partial charge in [-0.1, -0.05) is 0 Å². The van der Waals surface area contributed by atoms with E-state index in [-0.39, 0.29) is 24.4 Å². The van der Waals surface area contributed by atoms with Crippen LogP contribution in [0.4, 0.5) is 0 Å². The molecule has 2 rings (SSSR count). The smallest absolute Gasteiger partial charge is 0.246 e. The van der Waals surface area contributed by atoms with Crippen molar-refractivity contribution < 1.29 is 9.59 Å². The lowest BCUT2D eigenvalue weighted by Gasteiger charge is -2.48. The van der Waals surface area contributed by atoms with Gasteiger partial charge in [0, 0.05) is 13.1 Å². The summed E-state index contributed by atoms with van der Waals surface area (Å²) in [7, 11) is 0. The second-order valence-corrected chi connectivity index (χ2v) is 5.54. The second kappa shape index (κ2) is 4.29. The molecule has 2 amide bonds. The molecule has 0 bridgehead atoms. The molecule has 5 heteroatoms. The van der Waals surface area contributed by atoms with E-state index in [0.717, 1.165) is 25.8 Å². The van der Waals surface area contributed by atoms with Gasteiger partial charge in [0.15, 0.2) is 0 Å². The highest BCUT2D eigenvalue weighted by Crippen LogP contribution is 2.27. The summed E-state index contributed by atoms with van der Waals surface area (Å²) >= 11 is 0. The molecule has 2 heterocycles. The zero-order valence-corrected chi connectivity index (χ0v) is 10.6. The molecule has 96 valence electrons. The molecule has 2 saturated heterocycles. The van der Waals surface area contributed by atoms with Crippen LogP contribution >= 0.6 is 0 Å². The Labute approximate surface area is 102 Å². The summed E-state index contributed by atoms with van der Waals surface area (Å²) in [5.74, 6) is 0.135. The molecule has 1 atom stereocenters. The van der Waals surface area contributed by atoms with Gasteiger partial charge in [0.25, 0.3) is 0 Å². The van der Waals surface area contributed by atoms with Crippen molar-refractivity contribution >= 4 is 11.8 Å². The van der Waals surface area contributed by atoms with Crippen LogP contribution in [0.2, 0.25) is 0 Å². The van der Waals surface area contributed by atoms with Crippen LogP contribution in [-0.2, 0) is 9.59 Å². The number of hydrogen-bond donors (Lipinski definition) is 1. The minimum Gasteiger partial charge on any atom is -0.329 e. The predicted octanol–water partition coefficient (Wildman–Crippen LogP) is -0.0530. The molecule has 0 aliphatic carbocycles. The van der Waals surface area contributed by atoms with E-state index < -0.39 is 5.54 Å². The number of carbonyl (C=O) groups is 2. The Morgan fingerprint density at radius 1 is 1.35 bits per heavy atom. The maximum atomic E-state index is 12.4. The highest BCUT2D eigenvalue weighted by atomic mass is 16.2. The third-order valence-electron chi connectivity index (χ3n) is 3.90. The maximum Gasteiger partial charge on any atom is 0.246 e. The summed E-state index contributed by atoms with van der Waals surface area (Å²) in [4.78, 5) is 27.8. The van der Waals surface area contributed by atoms with Crippen molar-refractivity contribution in [3.8, 4) is 0 Å². The molecule has 17 heavy (non-hydrogen) atoms. The topological polar surface area (TPSA) is 66.6 Å². The lowest BCUT2D eigenvalue weighted by atomic mass is 9.94. The zero-order chi connectivity index (χ0) is 12.6. The number of nitrogens with two attached hydrogens (primary N) is 1. The molecular weight excluding hydrogens is 218 g/mol. The van der Waals surface area contributed by atoms with E-state index in [1.165, 1.54) is 0 Å². The van der Waals surface area contributed by atoms with Crippen molar-refractivity contribution in [2.24, 2.45) is 5.73 Å². The first-order valence-electron chi connectivity index (χ1n) is 6.28. The van der Waals surface area contributed by atoms with Crippen molar-refractivity contribution in [1.29, 1.82) is 0 Å². The molecule has 0 aromatic heterocycles. The first-order valence-corrected chi connectivity index (χ1v) is 6.28. The number of hydrogen-bond acceptors (Lipinski definition) is 3. The highest BCUT2D eigenvalue weighted by Gasteiger charge is 2.44. The quantitative estimate of drug-likeness (QED) is 0.734. The molecule has 1 unspecified atom stereocenters. The summed E-state index contributed by atoms with van der Waals surface area (Å²) in [6.07, 6.45) is 2.83. The molecule has 0 aromatic rings. The zero-order valence-electron chi connectivity index (χ0n) is 10.6. The largest absolute Gasteiger partial charge is 0.329 e. The third kappa shape index (κ3) is 2.04. The summed E-state index contributed by atoms with van der Waals surface area (Å²) in [5.41, 5.74) is 5.26. The Hall–Kier alpha value is -1.10. The van der Waals surface area contributed by atoms with E-state index in [1.54, 1.807) is 9.80 Å². The first kappa shape index (κ1) is 12.4. The van der Waals surface area contributed by atoms with E-state index >= 15 is 0 Å². The molecule has 0 radical (unpaired) electrons. The number of piperazine rings is 1. The van der Waals surface area contributed by atoms with E-state index in [2.05, 4.69) is 0 Å². The molecule has 2 fully saturated rings. The van der Waals surface area contributed by atoms with Crippen molar-refractivity contribution in [2.45, 2.75) is 44.7 Å². The van der Waals surface area contributed by atoms with Crippen LogP contribution in [0.15, 0.2) is 0 Å². The molecule has 2 aliphatic rings. The number of piperidine rings is 1. The van der Waals surface area contributed by atoms with Gasteiger partial charge < -0.3 is 15.5 Å². The van der Waals surface area contributed by atoms with Crippen molar-refractivity contribution in [3.05, 3.63) is 0 Å². The highest BCUT2D eigenvalue weighted by molar-refractivity contribution is 5.95. The molecule has 0 aromatic carbocycles. The van der Waals surface area contributed by atoms with Gasteiger partial charge in [-0.05, 0) is 33.1 Å². The van der Waals surface area contributed by atoms with Crippen LogP contribution in [0.5, 0.6) is 0 Å². The standard InChI is InChI=1S/C12H21N3O2/c1-12(2,8-13)15-7-10(16)14-6-4-3-5-9(14)11(15)17/h9H,3-8,13H2,1-2H3. The Kier molecular flexibility index (Phi) is 3.12. The number of rotatable bonds is 2. The molecule has 0 saturated carbocycles. The van der Waals surface area contributed by atoms with E-state index in [9.17, 15) is 9.59 Å². The van der Waals surface area contributed by atoms with Crippen molar-refractivity contribution in [3.63, 3.8) is 0 Å². The molecule has 2 aliphatic heterocycles. The van der Waals surface area contributed by atoms with Crippen molar-refractivity contribution in [1.82, 2.24) is 9.80 Å². The summed E-state index contributed by atoms with van der Waals surface area (Å²) < 4.78 is 0. The van der Waals surface area contributed by atoms with Crippen LogP contribution in [0.3, 0.4) is 0 Å². The monoisotopic (exact) mass is 239 g/mol. The minimum atomic E-state index is -0.434. The van der Waals surface area contributed by atoms with Gasteiger partial charge in [-0.15, -0.1) is 0 Å². The van der Waals surface area contributed by atoms with Crippen LogP contribution < -0.4 is 5.73 Å². The first-order chi connectivity index (χ1) is 7.97. The van der Waals surface area contributed by atoms with E-state index in [4.69, 9.17) is 5.73 Å². The Bertz CT molecular complexity index is 341. The minimum absolute atomic E-state index is 0.0656. The normalized spacial score (nSPS) is 26.2. The second-order valence-electron chi connectivity index (χ2n) is 5.54. The predicted molar refractivity (Wildman–Crippen MR) is 64.2 cm³/mol.